The third-order valence-electron chi connectivity index (χ3n) is 6.46. The highest BCUT2D eigenvalue weighted by Gasteiger charge is 2.47. The van der Waals surface area contributed by atoms with Crippen LogP contribution in [0.5, 0.6) is 0 Å². The highest BCUT2D eigenvalue weighted by molar-refractivity contribution is 6.31. The molecule has 0 bridgehead atoms. The van der Waals surface area contributed by atoms with Crippen LogP contribution in [0.1, 0.15) is 11.1 Å². The Kier molecular flexibility index (Phi) is 7.42. The van der Waals surface area contributed by atoms with E-state index in [1.807, 2.05) is 0 Å². The SMILES string of the molecule is FC(F)(F)c1c(-c2ccccc2)c(-c2ccccc2)c(-c2ccc(Cl)cc2)c(C(F)(F)F)c1-c1ccc(Cl)cc1. The van der Waals surface area contributed by atoms with Gasteiger partial charge in [-0.2, -0.15) is 26.3 Å². The van der Waals surface area contributed by atoms with Crippen LogP contribution in [0.15, 0.2) is 109 Å². The lowest BCUT2D eigenvalue weighted by Gasteiger charge is -2.29. The van der Waals surface area contributed by atoms with Crippen LogP contribution in [-0.2, 0) is 12.4 Å². The van der Waals surface area contributed by atoms with Gasteiger partial charge in [0.05, 0.1) is 11.1 Å². The number of hydrogen-bond donors (Lipinski definition) is 0. The first-order valence-electron chi connectivity index (χ1n) is 12.0. The fraction of sp³-hybridized carbons (Fsp3) is 0.0625. The minimum absolute atomic E-state index is 0.0664. The van der Waals surface area contributed by atoms with Gasteiger partial charge in [0.25, 0.3) is 0 Å². The molecule has 202 valence electrons. The molecule has 0 saturated carbocycles. The lowest BCUT2D eigenvalue weighted by molar-refractivity contribution is -0.141. The first kappa shape index (κ1) is 27.8. The molecule has 40 heavy (non-hydrogen) atoms. The molecule has 5 aromatic carbocycles. The van der Waals surface area contributed by atoms with Crippen LogP contribution in [-0.4, -0.2) is 0 Å². The molecule has 0 aliphatic heterocycles. The molecule has 0 spiro atoms. The maximum atomic E-state index is 15.2. The monoisotopic (exact) mass is 586 g/mol. The van der Waals surface area contributed by atoms with Gasteiger partial charge in [-0.1, -0.05) is 108 Å². The standard InChI is InChI=1S/C32H18Cl2F6/c33-23-15-11-21(12-16-23)27-25(19-7-3-1-4-8-19)26(20-9-5-2-6-10-20)29(31(35,36)37)28(30(27)32(38,39)40)22-13-17-24(34)18-14-22/h1-18H. The van der Waals surface area contributed by atoms with Gasteiger partial charge in [0, 0.05) is 26.7 Å². The third-order valence-corrected chi connectivity index (χ3v) is 6.96. The Labute approximate surface area is 236 Å². The summed E-state index contributed by atoms with van der Waals surface area (Å²) in [5.74, 6) is 0. The van der Waals surface area contributed by atoms with Crippen molar-refractivity contribution in [3.8, 4) is 44.5 Å². The van der Waals surface area contributed by atoms with Crippen LogP contribution >= 0.6 is 23.2 Å². The van der Waals surface area contributed by atoms with E-state index in [9.17, 15) is 0 Å². The molecule has 0 amide bonds. The first-order chi connectivity index (χ1) is 19.0. The molecule has 5 aromatic rings. The van der Waals surface area contributed by atoms with E-state index in [0.717, 1.165) is 0 Å². The summed E-state index contributed by atoms with van der Waals surface area (Å²) in [6, 6.07) is 25.9. The first-order valence-corrected chi connectivity index (χ1v) is 12.7. The second-order valence-electron chi connectivity index (χ2n) is 8.99. The van der Waals surface area contributed by atoms with E-state index in [1.165, 1.54) is 72.8 Å². The summed E-state index contributed by atoms with van der Waals surface area (Å²) >= 11 is 12.0. The molecule has 0 heterocycles. The Hall–Kier alpha value is -3.74. The van der Waals surface area contributed by atoms with E-state index in [1.54, 1.807) is 36.4 Å². The van der Waals surface area contributed by atoms with Crippen molar-refractivity contribution in [3.05, 3.63) is 130 Å². The Bertz CT molecular complexity index is 1640. The smallest absolute Gasteiger partial charge is 0.166 e. The van der Waals surface area contributed by atoms with Crippen LogP contribution in [0.3, 0.4) is 0 Å². The molecule has 5 rings (SSSR count). The van der Waals surface area contributed by atoms with Gasteiger partial charge in [-0.05, 0) is 52.1 Å². The molecular weight excluding hydrogens is 569 g/mol. The Balaban J connectivity index is 2.15. The van der Waals surface area contributed by atoms with Crippen LogP contribution < -0.4 is 0 Å². The van der Waals surface area contributed by atoms with Gasteiger partial charge in [0.2, 0.25) is 0 Å². The van der Waals surface area contributed by atoms with E-state index in [0.29, 0.717) is 0 Å². The topological polar surface area (TPSA) is 0 Å². The molecule has 0 atom stereocenters. The second kappa shape index (κ2) is 10.7. The van der Waals surface area contributed by atoms with E-state index in [-0.39, 0.29) is 49.0 Å². The van der Waals surface area contributed by atoms with E-state index in [2.05, 4.69) is 0 Å². The quantitative estimate of drug-likeness (QED) is 0.184. The van der Waals surface area contributed by atoms with Crippen molar-refractivity contribution in [3.63, 3.8) is 0 Å². The average Bonchev–Trinajstić information content (AvgIpc) is 2.92. The fourth-order valence-corrected chi connectivity index (χ4v) is 5.17. The molecule has 0 N–H and O–H groups in total. The molecule has 0 aliphatic carbocycles. The van der Waals surface area contributed by atoms with E-state index < -0.39 is 29.0 Å². The van der Waals surface area contributed by atoms with Crippen LogP contribution in [0.4, 0.5) is 26.3 Å². The normalized spacial score (nSPS) is 12.0. The van der Waals surface area contributed by atoms with Gasteiger partial charge >= 0.3 is 12.4 Å². The van der Waals surface area contributed by atoms with Crippen molar-refractivity contribution < 1.29 is 26.3 Å². The number of rotatable bonds is 4. The van der Waals surface area contributed by atoms with Crippen molar-refractivity contribution in [2.45, 2.75) is 12.4 Å². The summed E-state index contributed by atoms with van der Waals surface area (Å²) in [6.07, 6.45) is -10.3. The molecule has 0 aromatic heterocycles. The largest absolute Gasteiger partial charge is 0.417 e. The minimum atomic E-state index is -5.18. The average molecular weight is 587 g/mol. The molecule has 0 unspecified atom stereocenters. The van der Waals surface area contributed by atoms with Gasteiger partial charge < -0.3 is 0 Å². The molecule has 0 radical (unpaired) electrons. The molecule has 0 saturated heterocycles. The zero-order chi connectivity index (χ0) is 28.7. The zero-order valence-corrected chi connectivity index (χ0v) is 21.9. The summed E-state index contributed by atoms with van der Waals surface area (Å²) in [5, 5.41) is 0.444. The van der Waals surface area contributed by atoms with E-state index >= 15 is 26.3 Å². The third kappa shape index (κ3) is 5.34. The fourth-order valence-electron chi connectivity index (χ4n) is 4.91. The van der Waals surface area contributed by atoms with Crippen molar-refractivity contribution >= 4 is 23.2 Å². The summed E-state index contributed by atoms with van der Waals surface area (Å²) in [6.45, 7) is 0. The number of hydrogen-bond acceptors (Lipinski definition) is 0. The molecule has 0 fully saturated rings. The second-order valence-corrected chi connectivity index (χ2v) is 9.86. The highest BCUT2D eigenvalue weighted by atomic mass is 35.5. The van der Waals surface area contributed by atoms with Gasteiger partial charge in [-0.15, -0.1) is 0 Å². The lowest BCUT2D eigenvalue weighted by Crippen LogP contribution is -2.19. The summed E-state index contributed by atoms with van der Waals surface area (Å²) < 4.78 is 91.3. The highest BCUT2D eigenvalue weighted by Crippen LogP contribution is 2.57. The van der Waals surface area contributed by atoms with Crippen LogP contribution in [0.2, 0.25) is 10.0 Å². The Morgan fingerprint density at radius 1 is 0.350 bits per heavy atom. The van der Waals surface area contributed by atoms with E-state index in [4.69, 9.17) is 23.2 Å². The summed E-state index contributed by atoms with van der Waals surface area (Å²) in [4.78, 5) is 0. The van der Waals surface area contributed by atoms with Crippen molar-refractivity contribution in [1.29, 1.82) is 0 Å². The molecular formula is C32H18Cl2F6. The molecule has 0 nitrogen and oxygen atoms in total. The Morgan fingerprint density at radius 2 is 0.650 bits per heavy atom. The van der Waals surface area contributed by atoms with Crippen molar-refractivity contribution in [1.82, 2.24) is 0 Å². The summed E-state index contributed by atoms with van der Waals surface area (Å²) in [7, 11) is 0. The minimum Gasteiger partial charge on any atom is -0.166 e. The maximum Gasteiger partial charge on any atom is 0.417 e. The molecule has 8 heteroatoms. The van der Waals surface area contributed by atoms with Crippen molar-refractivity contribution in [2.24, 2.45) is 0 Å². The van der Waals surface area contributed by atoms with Gasteiger partial charge in [0.1, 0.15) is 0 Å². The van der Waals surface area contributed by atoms with Gasteiger partial charge in [0.15, 0.2) is 0 Å². The zero-order valence-electron chi connectivity index (χ0n) is 20.4. The lowest BCUT2D eigenvalue weighted by atomic mass is 9.77. The van der Waals surface area contributed by atoms with Crippen LogP contribution in [0.25, 0.3) is 44.5 Å². The van der Waals surface area contributed by atoms with Crippen LogP contribution in [0, 0.1) is 0 Å². The summed E-state index contributed by atoms with van der Waals surface area (Å²) in [5.41, 5.74) is -4.57. The van der Waals surface area contributed by atoms with Gasteiger partial charge in [-0.3, -0.25) is 0 Å². The molecule has 0 aliphatic rings. The maximum absolute atomic E-state index is 15.2. The predicted molar refractivity (Wildman–Crippen MR) is 148 cm³/mol. The number of benzene rings is 5. The number of halogens is 8. The predicted octanol–water partition coefficient (Wildman–Crippen LogP) is 11.7. The number of alkyl halides is 6. The van der Waals surface area contributed by atoms with Crippen molar-refractivity contribution in [2.75, 3.05) is 0 Å². The van der Waals surface area contributed by atoms with Gasteiger partial charge in [-0.25, -0.2) is 0 Å². The Morgan fingerprint density at radius 3 is 1.00 bits per heavy atom.